The molecular formula is C29H35N3O9. The zero-order valence-corrected chi connectivity index (χ0v) is 23.6. The third kappa shape index (κ3) is 11.7. The Labute approximate surface area is 238 Å². The van der Waals surface area contributed by atoms with Gasteiger partial charge in [0.05, 0.1) is 18.8 Å². The number of nitrogens with one attached hydrogen (secondary N) is 1. The summed E-state index contributed by atoms with van der Waals surface area (Å²) in [5, 5.41) is 14.8. The van der Waals surface area contributed by atoms with E-state index in [9.17, 15) is 19.2 Å². The van der Waals surface area contributed by atoms with Gasteiger partial charge in [0, 0.05) is 18.1 Å². The van der Waals surface area contributed by atoms with Crippen LogP contribution >= 0.6 is 0 Å². The zero-order valence-electron chi connectivity index (χ0n) is 23.6. The van der Waals surface area contributed by atoms with Gasteiger partial charge in [0.25, 0.3) is 11.9 Å². The van der Waals surface area contributed by atoms with Gasteiger partial charge in [0.15, 0.2) is 0 Å². The van der Waals surface area contributed by atoms with Crippen LogP contribution in [0.25, 0.3) is 6.08 Å². The van der Waals surface area contributed by atoms with E-state index in [0.717, 1.165) is 11.8 Å². The minimum absolute atomic E-state index is 0.0883. The minimum Gasteiger partial charge on any atom is -0.481 e. The summed E-state index contributed by atoms with van der Waals surface area (Å²) >= 11 is 0. The van der Waals surface area contributed by atoms with Crippen LogP contribution in [0.3, 0.4) is 0 Å². The SMILES string of the molecule is CC(=O)O.CCOC(=O)CN(C(=O)C(C)=Cc1ccc(C(=O)Oc2ccc(C(=N)N)cc2)cc1)[C@@H](C)C(=O)OCC. The number of hydrogen-bond acceptors (Lipinski definition) is 9. The van der Waals surface area contributed by atoms with Gasteiger partial charge in [0.1, 0.15) is 24.2 Å². The second kappa shape index (κ2) is 16.9. The predicted octanol–water partition coefficient (Wildman–Crippen LogP) is 3.03. The minimum atomic E-state index is -0.998. The number of nitrogens with two attached hydrogens (primary N) is 1. The van der Waals surface area contributed by atoms with Gasteiger partial charge in [-0.15, -0.1) is 0 Å². The molecule has 0 saturated heterocycles. The number of esters is 3. The lowest BCUT2D eigenvalue weighted by atomic mass is 10.1. The van der Waals surface area contributed by atoms with Crippen molar-refractivity contribution in [3.05, 3.63) is 70.8 Å². The number of ether oxygens (including phenoxy) is 3. The average Bonchev–Trinajstić information content (AvgIpc) is 2.91. The van der Waals surface area contributed by atoms with Crippen molar-refractivity contribution >= 4 is 41.7 Å². The van der Waals surface area contributed by atoms with Crippen LogP contribution < -0.4 is 10.5 Å². The van der Waals surface area contributed by atoms with E-state index in [4.69, 9.17) is 35.3 Å². The molecule has 0 bridgehead atoms. The van der Waals surface area contributed by atoms with Crippen LogP contribution in [0.5, 0.6) is 5.75 Å². The summed E-state index contributed by atoms with van der Waals surface area (Å²) in [5.74, 6) is -3.01. The molecule has 0 heterocycles. The number of rotatable bonds is 11. The molecule has 0 spiro atoms. The highest BCUT2D eigenvalue weighted by molar-refractivity contribution is 6.01. The van der Waals surface area contributed by atoms with Crippen LogP contribution in [0.2, 0.25) is 0 Å². The number of hydrogen-bond donors (Lipinski definition) is 3. The summed E-state index contributed by atoms with van der Waals surface area (Å²) in [6.45, 7) is 7.29. The first-order valence-electron chi connectivity index (χ1n) is 12.6. The number of nitrogen functional groups attached to an aromatic ring is 1. The van der Waals surface area contributed by atoms with E-state index in [1.54, 1.807) is 75.4 Å². The van der Waals surface area contributed by atoms with E-state index < -0.39 is 42.4 Å². The first kappa shape index (κ1) is 34.0. The Bertz CT molecular complexity index is 1270. The Hall–Kier alpha value is -5.00. The normalized spacial score (nSPS) is 11.2. The van der Waals surface area contributed by atoms with Crippen molar-refractivity contribution in [1.82, 2.24) is 4.90 Å². The van der Waals surface area contributed by atoms with Crippen LogP contribution in [-0.2, 0) is 28.7 Å². The summed E-state index contributed by atoms with van der Waals surface area (Å²) in [4.78, 5) is 60.0. The van der Waals surface area contributed by atoms with Crippen LogP contribution in [0.1, 0.15) is 56.1 Å². The largest absolute Gasteiger partial charge is 0.481 e. The van der Waals surface area contributed by atoms with Crippen molar-refractivity contribution in [3.63, 3.8) is 0 Å². The maximum Gasteiger partial charge on any atom is 0.343 e. The Kier molecular flexibility index (Phi) is 14.0. The number of benzene rings is 2. The first-order chi connectivity index (χ1) is 19.3. The van der Waals surface area contributed by atoms with Crippen molar-refractivity contribution in [1.29, 1.82) is 5.41 Å². The van der Waals surface area contributed by atoms with Crippen molar-refractivity contribution in [2.24, 2.45) is 5.73 Å². The number of aliphatic carboxylic acids is 1. The first-order valence-corrected chi connectivity index (χ1v) is 12.6. The van der Waals surface area contributed by atoms with Gasteiger partial charge >= 0.3 is 17.9 Å². The molecule has 0 fully saturated rings. The fraction of sp³-hybridized carbons (Fsp3) is 0.310. The average molecular weight is 570 g/mol. The molecule has 0 aliphatic carbocycles. The van der Waals surface area contributed by atoms with E-state index in [1.165, 1.54) is 6.92 Å². The molecule has 1 amide bonds. The number of carboxylic acid groups (broad SMARTS) is 1. The molecular weight excluding hydrogens is 534 g/mol. The van der Waals surface area contributed by atoms with Gasteiger partial charge in [-0.3, -0.25) is 19.8 Å². The summed E-state index contributed by atoms with van der Waals surface area (Å²) in [5.41, 5.74) is 7.10. The van der Waals surface area contributed by atoms with Crippen LogP contribution in [0.4, 0.5) is 0 Å². The van der Waals surface area contributed by atoms with Gasteiger partial charge in [-0.1, -0.05) is 12.1 Å². The molecule has 2 aromatic carbocycles. The Morgan fingerprint density at radius 1 is 0.927 bits per heavy atom. The van der Waals surface area contributed by atoms with Crippen LogP contribution in [0.15, 0.2) is 54.1 Å². The van der Waals surface area contributed by atoms with E-state index in [-0.39, 0.29) is 30.2 Å². The summed E-state index contributed by atoms with van der Waals surface area (Å²) in [6.07, 6.45) is 1.58. The molecule has 12 nitrogen and oxygen atoms in total. The zero-order chi connectivity index (χ0) is 31.1. The highest BCUT2D eigenvalue weighted by Crippen LogP contribution is 2.17. The quantitative estimate of drug-likeness (QED) is 0.119. The second-order valence-electron chi connectivity index (χ2n) is 8.46. The molecule has 2 rings (SSSR count). The molecule has 0 aromatic heterocycles. The molecule has 0 aliphatic heterocycles. The van der Waals surface area contributed by atoms with Crippen LogP contribution in [0, 0.1) is 5.41 Å². The van der Waals surface area contributed by atoms with E-state index >= 15 is 0 Å². The number of carbonyl (C=O) groups excluding carboxylic acids is 4. The molecule has 0 aliphatic rings. The molecule has 12 heteroatoms. The third-order valence-corrected chi connectivity index (χ3v) is 5.20. The lowest BCUT2D eigenvalue weighted by Gasteiger charge is -2.27. The van der Waals surface area contributed by atoms with Gasteiger partial charge in [-0.05, 0) is 75.7 Å². The number of carboxylic acids is 1. The van der Waals surface area contributed by atoms with Gasteiger partial charge in [-0.2, -0.15) is 0 Å². The Morgan fingerprint density at radius 2 is 1.44 bits per heavy atom. The smallest absolute Gasteiger partial charge is 0.343 e. The summed E-state index contributed by atoms with van der Waals surface area (Å²) in [7, 11) is 0. The predicted molar refractivity (Wildman–Crippen MR) is 150 cm³/mol. The summed E-state index contributed by atoms with van der Waals surface area (Å²) in [6, 6.07) is 11.6. The molecule has 4 N–H and O–H groups in total. The van der Waals surface area contributed by atoms with Gasteiger partial charge < -0.3 is 30.0 Å². The van der Waals surface area contributed by atoms with Crippen LogP contribution in [-0.4, -0.2) is 71.4 Å². The summed E-state index contributed by atoms with van der Waals surface area (Å²) < 4.78 is 15.3. The maximum atomic E-state index is 13.1. The molecule has 220 valence electrons. The molecule has 41 heavy (non-hydrogen) atoms. The molecule has 2 aromatic rings. The standard InChI is InChI=1S/C27H31N3O7.C2H4O2/c1-5-35-23(31)16-30(18(4)26(33)36-6-2)25(32)17(3)15-19-7-9-21(10-8-19)27(34)37-22-13-11-20(12-14-22)24(28)29;1-2(3)4/h7-15,18H,5-6,16H2,1-4H3,(H3,28,29);1H3,(H,3,4)/t18-;/m0./s1. The number of nitrogens with zero attached hydrogens (tertiary/aromatic N) is 1. The monoisotopic (exact) mass is 569 g/mol. The second-order valence-corrected chi connectivity index (χ2v) is 8.46. The fourth-order valence-electron chi connectivity index (χ4n) is 3.24. The molecule has 0 radical (unpaired) electrons. The van der Waals surface area contributed by atoms with Gasteiger partial charge in [0.2, 0.25) is 0 Å². The maximum absolute atomic E-state index is 13.1. The number of amides is 1. The number of amidine groups is 1. The fourth-order valence-corrected chi connectivity index (χ4v) is 3.24. The molecule has 1 atom stereocenters. The van der Waals surface area contributed by atoms with Gasteiger partial charge in [-0.25, -0.2) is 9.59 Å². The lowest BCUT2D eigenvalue weighted by molar-refractivity contribution is -0.157. The Balaban J connectivity index is 0.00000196. The topological polar surface area (TPSA) is 186 Å². The van der Waals surface area contributed by atoms with E-state index in [1.807, 2.05) is 0 Å². The Morgan fingerprint density at radius 3 is 1.93 bits per heavy atom. The number of carbonyl (C=O) groups is 5. The third-order valence-electron chi connectivity index (χ3n) is 5.20. The molecule has 0 unspecified atom stereocenters. The highest BCUT2D eigenvalue weighted by Gasteiger charge is 2.30. The van der Waals surface area contributed by atoms with E-state index in [2.05, 4.69) is 0 Å². The van der Waals surface area contributed by atoms with Crippen molar-refractivity contribution in [2.45, 2.75) is 40.7 Å². The molecule has 0 saturated carbocycles. The highest BCUT2D eigenvalue weighted by atomic mass is 16.5. The van der Waals surface area contributed by atoms with Crippen molar-refractivity contribution < 1.29 is 43.3 Å². The van der Waals surface area contributed by atoms with Crippen molar-refractivity contribution in [3.8, 4) is 5.75 Å². The lowest BCUT2D eigenvalue weighted by Crippen LogP contribution is -2.47. The van der Waals surface area contributed by atoms with E-state index in [0.29, 0.717) is 16.9 Å². The van der Waals surface area contributed by atoms with Crippen molar-refractivity contribution in [2.75, 3.05) is 19.8 Å².